The van der Waals surface area contributed by atoms with E-state index in [0.717, 1.165) is 18.0 Å². The summed E-state index contributed by atoms with van der Waals surface area (Å²) < 4.78 is 7.62. The van der Waals surface area contributed by atoms with Crippen LogP contribution in [0.4, 0.5) is 0 Å². The summed E-state index contributed by atoms with van der Waals surface area (Å²) in [5, 5.41) is 4.21. The van der Waals surface area contributed by atoms with Gasteiger partial charge in [0.05, 0.1) is 18.8 Å². The van der Waals surface area contributed by atoms with Gasteiger partial charge in [0.15, 0.2) is 6.10 Å². The third kappa shape index (κ3) is 2.52. The Hall–Kier alpha value is -2.30. The zero-order valence-electron chi connectivity index (χ0n) is 11.4. The van der Waals surface area contributed by atoms with Crippen LogP contribution in [0.5, 0.6) is 5.75 Å². The normalized spacial score (nSPS) is 15.6. The summed E-state index contributed by atoms with van der Waals surface area (Å²) >= 11 is 0. The van der Waals surface area contributed by atoms with E-state index in [1.807, 2.05) is 46.0 Å². The molecule has 0 bridgehead atoms. The summed E-state index contributed by atoms with van der Waals surface area (Å²) in [5.74, 6) is 0.733. The van der Waals surface area contributed by atoms with Gasteiger partial charge in [-0.25, -0.2) is 0 Å². The number of fused-ring (bicyclic) bond motifs is 1. The molecule has 0 spiro atoms. The minimum absolute atomic E-state index is 0.0151. The van der Waals surface area contributed by atoms with E-state index in [1.54, 1.807) is 13.1 Å². The number of para-hydroxylation sites is 1. The van der Waals surface area contributed by atoms with E-state index in [2.05, 4.69) is 5.10 Å². The highest BCUT2D eigenvalue weighted by atomic mass is 16.5. The maximum absolute atomic E-state index is 12.4. The first kappa shape index (κ1) is 12.7. The molecular weight excluding hydrogens is 254 g/mol. The van der Waals surface area contributed by atoms with Crippen molar-refractivity contribution >= 4 is 5.91 Å². The second-order valence-electron chi connectivity index (χ2n) is 4.88. The highest BCUT2D eigenvalue weighted by molar-refractivity contribution is 5.81. The minimum atomic E-state index is -0.480. The molecule has 1 amide bonds. The molecule has 1 aliphatic rings. The third-order valence-electron chi connectivity index (χ3n) is 3.45. The van der Waals surface area contributed by atoms with Crippen LogP contribution < -0.4 is 4.74 Å². The van der Waals surface area contributed by atoms with Gasteiger partial charge in [0.2, 0.25) is 0 Å². The summed E-state index contributed by atoms with van der Waals surface area (Å²) in [6.45, 7) is 3.81. The molecule has 2 heterocycles. The zero-order chi connectivity index (χ0) is 13.9. The molecule has 0 saturated heterocycles. The Morgan fingerprint density at radius 2 is 2.05 bits per heavy atom. The predicted molar refractivity (Wildman–Crippen MR) is 74.2 cm³/mol. The standard InChI is InChI=1S/C15H17N3O2/c1-12(20-14-5-3-2-4-6-14)15(19)17-9-10-18-13(11-17)7-8-16-18/h2-8,12H,9-11H2,1H3. The Labute approximate surface area is 117 Å². The average molecular weight is 271 g/mol. The Balaban J connectivity index is 1.64. The quantitative estimate of drug-likeness (QED) is 0.853. The Kier molecular flexibility index (Phi) is 3.41. The van der Waals surface area contributed by atoms with Gasteiger partial charge in [0.1, 0.15) is 5.75 Å². The van der Waals surface area contributed by atoms with Crippen molar-refractivity contribution in [3.63, 3.8) is 0 Å². The molecule has 0 saturated carbocycles. The van der Waals surface area contributed by atoms with E-state index in [9.17, 15) is 4.79 Å². The fraction of sp³-hybridized carbons (Fsp3) is 0.333. The molecule has 1 unspecified atom stereocenters. The number of carbonyl (C=O) groups excluding carboxylic acids is 1. The number of carbonyl (C=O) groups is 1. The van der Waals surface area contributed by atoms with Crippen molar-refractivity contribution in [1.82, 2.24) is 14.7 Å². The molecule has 0 N–H and O–H groups in total. The van der Waals surface area contributed by atoms with Crippen molar-refractivity contribution in [2.75, 3.05) is 6.54 Å². The van der Waals surface area contributed by atoms with Gasteiger partial charge in [-0.2, -0.15) is 5.10 Å². The van der Waals surface area contributed by atoms with Crippen LogP contribution in [0.1, 0.15) is 12.6 Å². The lowest BCUT2D eigenvalue weighted by atomic mass is 10.2. The first-order valence-corrected chi connectivity index (χ1v) is 6.75. The van der Waals surface area contributed by atoms with E-state index >= 15 is 0 Å². The van der Waals surface area contributed by atoms with E-state index < -0.39 is 6.10 Å². The maximum Gasteiger partial charge on any atom is 0.263 e. The van der Waals surface area contributed by atoms with Crippen LogP contribution in [0.15, 0.2) is 42.6 Å². The van der Waals surface area contributed by atoms with Crippen molar-refractivity contribution in [2.45, 2.75) is 26.1 Å². The molecule has 5 nitrogen and oxygen atoms in total. The van der Waals surface area contributed by atoms with E-state index in [0.29, 0.717) is 13.1 Å². The molecule has 1 aliphatic heterocycles. The fourth-order valence-corrected chi connectivity index (χ4v) is 2.38. The Bertz CT molecular complexity index is 594. The highest BCUT2D eigenvalue weighted by Crippen LogP contribution is 2.15. The van der Waals surface area contributed by atoms with Gasteiger partial charge in [-0.1, -0.05) is 18.2 Å². The number of amides is 1. The van der Waals surface area contributed by atoms with Gasteiger partial charge in [-0.15, -0.1) is 0 Å². The van der Waals surface area contributed by atoms with Crippen LogP contribution >= 0.6 is 0 Å². The van der Waals surface area contributed by atoms with Crippen molar-refractivity contribution in [3.8, 4) is 5.75 Å². The number of nitrogens with zero attached hydrogens (tertiary/aromatic N) is 3. The monoisotopic (exact) mass is 271 g/mol. The second kappa shape index (κ2) is 5.36. The number of hydrogen-bond acceptors (Lipinski definition) is 3. The minimum Gasteiger partial charge on any atom is -0.481 e. The maximum atomic E-state index is 12.4. The third-order valence-corrected chi connectivity index (χ3v) is 3.45. The molecule has 2 aromatic rings. The molecule has 1 aromatic heterocycles. The number of benzene rings is 1. The first-order chi connectivity index (χ1) is 9.74. The molecule has 1 aromatic carbocycles. The Morgan fingerprint density at radius 1 is 1.25 bits per heavy atom. The molecule has 5 heteroatoms. The predicted octanol–water partition coefficient (Wildman–Crippen LogP) is 1.69. The summed E-state index contributed by atoms with van der Waals surface area (Å²) in [5.41, 5.74) is 1.07. The molecule has 0 aliphatic carbocycles. The van der Waals surface area contributed by atoms with Crippen LogP contribution in [0, 0.1) is 0 Å². The van der Waals surface area contributed by atoms with E-state index in [1.165, 1.54) is 0 Å². The summed E-state index contributed by atoms with van der Waals surface area (Å²) in [7, 11) is 0. The summed E-state index contributed by atoms with van der Waals surface area (Å²) in [6, 6.07) is 11.4. The molecule has 1 atom stereocenters. The molecule has 3 rings (SSSR count). The van der Waals surface area contributed by atoms with Gasteiger partial charge in [0.25, 0.3) is 5.91 Å². The molecule has 0 radical (unpaired) electrons. The molecule has 20 heavy (non-hydrogen) atoms. The van der Waals surface area contributed by atoms with Gasteiger partial charge < -0.3 is 9.64 Å². The number of aromatic nitrogens is 2. The molecule has 104 valence electrons. The highest BCUT2D eigenvalue weighted by Gasteiger charge is 2.25. The van der Waals surface area contributed by atoms with Crippen molar-refractivity contribution in [1.29, 1.82) is 0 Å². The number of ether oxygens (including phenoxy) is 1. The molecule has 0 fully saturated rings. The van der Waals surface area contributed by atoms with Crippen LogP contribution in [0.25, 0.3) is 0 Å². The number of rotatable bonds is 3. The van der Waals surface area contributed by atoms with Crippen LogP contribution in [0.3, 0.4) is 0 Å². The Morgan fingerprint density at radius 3 is 2.85 bits per heavy atom. The van der Waals surface area contributed by atoms with Gasteiger partial charge in [-0.05, 0) is 25.1 Å². The van der Waals surface area contributed by atoms with Crippen LogP contribution in [0.2, 0.25) is 0 Å². The zero-order valence-corrected chi connectivity index (χ0v) is 11.4. The topological polar surface area (TPSA) is 47.4 Å². The lowest BCUT2D eigenvalue weighted by molar-refractivity contribution is -0.139. The van der Waals surface area contributed by atoms with E-state index in [4.69, 9.17) is 4.74 Å². The lowest BCUT2D eigenvalue weighted by Crippen LogP contribution is -2.44. The lowest BCUT2D eigenvalue weighted by Gasteiger charge is -2.30. The van der Waals surface area contributed by atoms with Gasteiger partial charge >= 0.3 is 0 Å². The number of hydrogen-bond donors (Lipinski definition) is 0. The van der Waals surface area contributed by atoms with Crippen LogP contribution in [-0.4, -0.2) is 33.2 Å². The largest absolute Gasteiger partial charge is 0.481 e. The van der Waals surface area contributed by atoms with Gasteiger partial charge in [0, 0.05) is 12.7 Å². The smallest absolute Gasteiger partial charge is 0.263 e. The first-order valence-electron chi connectivity index (χ1n) is 6.75. The fourth-order valence-electron chi connectivity index (χ4n) is 2.38. The van der Waals surface area contributed by atoms with Crippen molar-refractivity contribution < 1.29 is 9.53 Å². The van der Waals surface area contributed by atoms with Crippen molar-refractivity contribution in [2.24, 2.45) is 0 Å². The second-order valence-corrected chi connectivity index (χ2v) is 4.88. The van der Waals surface area contributed by atoms with Crippen LogP contribution in [-0.2, 0) is 17.9 Å². The van der Waals surface area contributed by atoms with Crippen molar-refractivity contribution in [3.05, 3.63) is 48.3 Å². The SMILES string of the molecule is CC(Oc1ccccc1)C(=O)N1CCn2nccc2C1. The average Bonchev–Trinajstić information content (AvgIpc) is 2.94. The van der Waals surface area contributed by atoms with Gasteiger partial charge in [-0.3, -0.25) is 9.48 Å². The molecular formula is C15H17N3O2. The summed E-state index contributed by atoms with van der Waals surface area (Å²) in [6.07, 6.45) is 1.29. The summed E-state index contributed by atoms with van der Waals surface area (Å²) in [4.78, 5) is 14.2. The van der Waals surface area contributed by atoms with E-state index in [-0.39, 0.29) is 5.91 Å².